The molecule has 1 aromatic heterocycles. The van der Waals surface area contributed by atoms with E-state index < -0.39 is 6.10 Å². The van der Waals surface area contributed by atoms with Crippen LogP contribution in [0.15, 0.2) is 39.9 Å². The predicted octanol–water partition coefficient (Wildman–Crippen LogP) is 2.38. The van der Waals surface area contributed by atoms with Gasteiger partial charge in [0, 0.05) is 18.8 Å². The second-order valence-corrected chi connectivity index (χ2v) is 3.80. The van der Waals surface area contributed by atoms with E-state index in [1.165, 1.54) is 18.0 Å². The lowest BCUT2D eigenvalue weighted by Gasteiger charge is -1.97. The number of nitrogens with zero attached hydrogens (tertiary/aromatic N) is 2. The van der Waals surface area contributed by atoms with Crippen molar-refractivity contribution in [1.82, 2.24) is 4.98 Å². The largest absolute Gasteiger partial charge is 0.444 e. The number of benzene rings is 1. The van der Waals surface area contributed by atoms with Crippen LogP contribution in [0.1, 0.15) is 17.4 Å². The molecule has 0 amide bonds. The number of oxazole rings is 1. The Morgan fingerprint density at radius 1 is 1.35 bits per heavy atom. The molecule has 0 bridgehead atoms. The standard InChI is InChI=1S/C13H14N2O2/c1-9-3-5-10(6-4-9)13-15-11(8-17-13)12(16)7-14-2/h3-8,12,16H,1-2H3. The van der Waals surface area contributed by atoms with Crippen LogP contribution in [0.25, 0.3) is 11.5 Å². The number of hydrogen-bond acceptors (Lipinski definition) is 4. The molecule has 1 heterocycles. The fourth-order valence-electron chi connectivity index (χ4n) is 1.47. The van der Waals surface area contributed by atoms with Crippen LogP contribution in [0.5, 0.6) is 0 Å². The van der Waals surface area contributed by atoms with Crippen molar-refractivity contribution in [2.45, 2.75) is 13.0 Å². The number of aliphatic hydroxyl groups is 1. The molecule has 0 saturated heterocycles. The fourth-order valence-corrected chi connectivity index (χ4v) is 1.47. The Bertz CT molecular complexity index is 514. The first-order valence-electron chi connectivity index (χ1n) is 5.33. The first-order chi connectivity index (χ1) is 8.20. The number of aryl methyl sites for hydroxylation is 1. The third kappa shape index (κ3) is 2.60. The summed E-state index contributed by atoms with van der Waals surface area (Å²) in [7, 11) is 1.60. The molecule has 2 aromatic rings. The molecule has 1 N–H and O–H groups in total. The molecule has 0 aliphatic heterocycles. The van der Waals surface area contributed by atoms with E-state index in [9.17, 15) is 5.11 Å². The summed E-state index contributed by atoms with van der Waals surface area (Å²) in [5, 5.41) is 9.65. The van der Waals surface area contributed by atoms with Gasteiger partial charge in [-0.15, -0.1) is 0 Å². The Kier molecular flexibility index (Phi) is 3.35. The van der Waals surface area contributed by atoms with E-state index in [-0.39, 0.29) is 0 Å². The summed E-state index contributed by atoms with van der Waals surface area (Å²) in [6.07, 6.45) is 2.04. The van der Waals surface area contributed by atoms with E-state index in [0.717, 1.165) is 5.56 Å². The summed E-state index contributed by atoms with van der Waals surface area (Å²) in [5.74, 6) is 0.503. The van der Waals surface area contributed by atoms with Crippen LogP contribution >= 0.6 is 0 Å². The van der Waals surface area contributed by atoms with Gasteiger partial charge in [-0.25, -0.2) is 4.98 Å². The molecule has 1 atom stereocenters. The van der Waals surface area contributed by atoms with Crippen molar-refractivity contribution in [3.8, 4) is 11.5 Å². The van der Waals surface area contributed by atoms with Crippen LogP contribution in [-0.4, -0.2) is 23.4 Å². The topological polar surface area (TPSA) is 58.6 Å². The average Bonchev–Trinajstić information content (AvgIpc) is 2.80. The smallest absolute Gasteiger partial charge is 0.226 e. The molecule has 17 heavy (non-hydrogen) atoms. The maximum Gasteiger partial charge on any atom is 0.226 e. The van der Waals surface area contributed by atoms with Crippen molar-refractivity contribution >= 4 is 6.21 Å². The minimum Gasteiger partial charge on any atom is -0.444 e. The molecule has 1 aromatic carbocycles. The first-order valence-corrected chi connectivity index (χ1v) is 5.33. The second kappa shape index (κ2) is 4.93. The third-order valence-corrected chi connectivity index (χ3v) is 2.41. The summed E-state index contributed by atoms with van der Waals surface area (Å²) >= 11 is 0. The molecule has 2 rings (SSSR count). The molecule has 0 fully saturated rings. The van der Waals surface area contributed by atoms with Crippen molar-refractivity contribution in [2.24, 2.45) is 4.99 Å². The monoisotopic (exact) mass is 230 g/mol. The van der Waals surface area contributed by atoms with E-state index in [2.05, 4.69) is 9.98 Å². The normalized spacial score (nSPS) is 13.1. The van der Waals surface area contributed by atoms with E-state index >= 15 is 0 Å². The lowest BCUT2D eigenvalue weighted by atomic mass is 10.1. The van der Waals surface area contributed by atoms with Gasteiger partial charge in [-0.05, 0) is 19.1 Å². The number of rotatable bonds is 3. The summed E-state index contributed by atoms with van der Waals surface area (Å²) in [4.78, 5) is 7.97. The first kappa shape index (κ1) is 11.5. The van der Waals surface area contributed by atoms with Crippen LogP contribution in [-0.2, 0) is 0 Å². The van der Waals surface area contributed by atoms with Crippen molar-refractivity contribution in [1.29, 1.82) is 0 Å². The van der Waals surface area contributed by atoms with Crippen molar-refractivity contribution in [3.05, 3.63) is 41.8 Å². The predicted molar refractivity (Wildman–Crippen MR) is 66.1 cm³/mol. The quantitative estimate of drug-likeness (QED) is 0.823. The van der Waals surface area contributed by atoms with Crippen LogP contribution in [0.4, 0.5) is 0 Å². The van der Waals surface area contributed by atoms with Gasteiger partial charge in [0.2, 0.25) is 5.89 Å². The van der Waals surface area contributed by atoms with Gasteiger partial charge in [0.15, 0.2) is 0 Å². The Morgan fingerprint density at radius 2 is 2.06 bits per heavy atom. The van der Waals surface area contributed by atoms with E-state index in [0.29, 0.717) is 11.6 Å². The Labute approximate surface area is 99.7 Å². The number of aromatic nitrogens is 1. The van der Waals surface area contributed by atoms with Crippen LogP contribution in [0.3, 0.4) is 0 Å². The van der Waals surface area contributed by atoms with Crippen molar-refractivity contribution in [2.75, 3.05) is 7.05 Å². The van der Waals surface area contributed by atoms with E-state index in [4.69, 9.17) is 4.42 Å². The molecule has 0 aliphatic rings. The maximum absolute atomic E-state index is 9.65. The molecule has 4 nitrogen and oxygen atoms in total. The van der Waals surface area contributed by atoms with Gasteiger partial charge in [-0.1, -0.05) is 17.7 Å². The van der Waals surface area contributed by atoms with Gasteiger partial charge in [0.05, 0.1) is 0 Å². The molecule has 1 unspecified atom stereocenters. The van der Waals surface area contributed by atoms with Crippen molar-refractivity contribution < 1.29 is 9.52 Å². The zero-order valence-corrected chi connectivity index (χ0v) is 9.79. The minimum absolute atomic E-state index is 0.464. The summed E-state index contributed by atoms with van der Waals surface area (Å²) in [6, 6.07) is 7.85. The number of aliphatic imine (C=N–C) groups is 1. The molecule has 0 radical (unpaired) electrons. The molecule has 0 aliphatic carbocycles. The van der Waals surface area contributed by atoms with Crippen LogP contribution < -0.4 is 0 Å². The molecule has 4 heteroatoms. The lowest BCUT2D eigenvalue weighted by molar-refractivity contribution is 0.247. The highest BCUT2D eigenvalue weighted by molar-refractivity contribution is 5.65. The SMILES string of the molecule is CN=CC(O)c1coc(-c2ccc(C)cc2)n1. The van der Waals surface area contributed by atoms with E-state index in [1.54, 1.807) is 7.05 Å². The molecule has 0 saturated carbocycles. The molecule has 88 valence electrons. The summed E-state index contributed by atoms with van der Waals surface area (Å²) in [6.45, 7) is 2.02. The zero-order valence-electron chi connectivity index (χ0n) is 9.79. The lowest BCUT2D eigenvalue weighted by Crippen LogP contribution is -1.98. The zero-order chi connectivity index (χ0) is 12.3. The van der Waals surface area contributed by atoms with Crippen LogP contribution in [0, 0.1) is 6.92 Å². The minimum atomic E-state index is -0.817. The second-order valence-electron chi connectivity index (χ2n) is 3.80. The van der Waals surface area contributed by atoms with Crippen LogP contribution in [0.2, 0.25) is 0 Å². The molecule has 0 spiro atoms. The Morgan fingerprint density at radius 3 is 2.71 bits per heavy atom. The van der Waals surface area contributed by atoms with Gasteiger partial charge < -0.3 is 9.52 Å². The van der Waals surface area contributed by atoms with Gasteiger partial charge in [0.25, 0.3) is 0 Å². The highest BCUT2D eigenvalue weighted by Gasteiger charge is 2.11. The van der Waals surface area contributed by atoms with Crippen molar-refractivity contribution in [3.63, 3.8) is 0 Å². The summed E-state index contributed by atoms with van der Waals surface area (Å²) in [5.41, 5.74) is 2.53. The van der Waals surface area contributed by atoms with E-state index in [1.807, 2.05) is 31.2 Å². The Balaban J connectivity index is 2.26. The fraction of sp³-hybridized carbons (Fsp3) is 0.231. The van der Waals surface area contributed by atoms with Gasteiger partial charge >= 0.3 is 0 Å². The van der Waals surface area contributed by atoms with Gasteiger partial charge in [-0.3, -0.25) is 4.99 Å². The maximum atomic E-state index is 9.65. The average molecular weight is 230 g/mol. The molecular weight excluding hydrogens is 216 g/mol. The number of hydrogen-bond donors (Lipinski definition) is 1. The number of aliphatic hydroxyl groups excluding tert-OH is 1. The highest BCUT2D eigenvalue weighted by Crippen LogP contribution is 2.21. The molecular formula is C13H14N2O2. The van der Waals surface area contributed by atoms with Gasteiger partial charge in [0.1, 0.15) is 18.1 Å². The highest BCUT2D eigenvalue weighted by atomic mass is 16.3. The van der Waals surface area contributed by atoms with Gasteiger partial charge in [-0.2, -0.15) is 0 Å². The Hall–Kier alpha value is -1.94. The third-order valence-electron chi connectivity index (χ3n) is 2.41. The summed E-state index contributed by atoms with van der Waals surface area (Å²) < 4.78 is 5.33.